The van der Waals surface area contributed by atoms with E-state index in [0.29, 0.717) is 27.9 Å². The number of nitrogens with one attached hydrogen (secondary N) is 1. The van der Waals surface area contributed by atoms with Gasteiger partial charge in [-0.3, -0.25) is 9.59 Å². The SMILES string of the molecule is CC[C@H](NC(=O)c1c(OCC(=O)N(C)C)c(-c2ccccc2)nc2ccccc12)c1ccccc1. The van der Waals surface area contributed by atoms with Gasteiger partial charge in [-0.1, -0.05) is 85.8 Å². The van der Waals surface area contributed by atoms with Gasteiger partial charge in [0.15, 0.2) is 12.4 Å². The van der Waals surface area contributed by atoms with E-state index in [1.54, 1.807) is 14.1 Å². The summed E-state index contributed by atoms with van der Waals surface area (Å²) in [5, 5.41) is 3.85. The fraction of sp³-hybridized carbons (Fsp3) is 0.207. The maximum Gasteiger partial charge on any atom is 0.259 e. The first-order chi connectivity index (χ1) is 17.0. The first-order valence-corrected chi connectivity index (χ1v) is 11.7. The van der Waals surface area contributed by atoms with Gasteiger partial charge in [-0.05, 0) is 18.1 Å². The number of ether oxygens (including phenoxy) is 1. The van der Waals surface area contributed by atoms with Crippen LogP contribution in [0.4, 0.5) is 0 Å². The van der Waals surface area contributed by atoms with Crippen molar-refractivity contribution >= 4 is 22.7 Å². The summed E-state index contributed by atoms with van der Waals surface area (Å²) in [6, 6.07) is 26.7. The lowest BCUT2D eigenvalue weighted by Gasteiger charge is -2.21. The number of rotatable bonds is 8. The molecule has 2 amide bonds. The fourth-order valence-electron chi connectivity index (χ4n) is 3.95. The average molecular weight is 468 g/mol. The second kappa shape index (κ2) is 10.8. The van der Waals surface area contributed by atoms with Crippen LogP contribution in [0.2, 0.25) is 0 Å². The van der Waals surface area contributed by atoms with Crippen molar-refractivity contribution in [3.63, 3.8) is 0 Å². The number of hydrogen-bond donors (Lipinski definition) is 1. The lowest BCUT2D eigenvalue weighted by Crippen LogP contribution is -2.30. The topological polar surface area (TPSA) is 71.5 Å². The quantitative estimate of drug-likeness (QED) is 0.384. The predicted octanol–water partition coefficient (Wildman–Crippen LogP) is 5.25. The van der Waals surface area contributed by atoms with E-state index in [1.807, 2.05) is 91.9 Å². The molecule has 1 atom stereocenters. The summed E-state index contributed by atoms with van der Waals surface area (Å²) in [6.45, 7) is 1.83. The number of nitrogens with zero attached hydrogens (tertiary/aromatic N) is 2. The van der Waals surface area contributed by atoms with Crippen molar-refractivity contribution < 1.29 is 14.3 Å². The Labute approximate surface area is 205 Å². The Balaban J connectivity index is 1.87. The number of hydrogen-bond acceptors (Lipinski definition) is 4. The van der Waals surface area contributed by atoms with Crippen molar-refractivity contribution in [2.45, 2.75) is 19.4 Å². The number of pyridine rings is 1. The van der Waals surface area contributed by atoms with E-state index in [4.69, 9.17) is 9.72 Å². The van der Waals surface area contributed by atoms with Gasteiger partial charge in [0.1, 0.15) is 5.69 Å². The van der Waals surface area contributed by atoms with Gasteiger partial charge in [0.2, 0.25) is 0 Å². The van der Waals surface area contributed by atoms with Crippen molar-refractivity contribution in [2.24, 2.45) is 0 Å². The molecule has 0 spiro atoms. The van der Waals surface area contributed by atoms with Gasteiger partial charge in [0.05, 0.1) is 17.1 Å². The van der Waals surface area contributed by atoms with Crippen LogP contribution in [-0.4, -0.2) is 42.4 Å². The van der Waals surface area contributed by atoms with E-state index in [9.17, 15) is 9.59 Å². The van der Waals surface area contributed by atoms with Crippen molar-refractivity contribution in [2.75, 3.05) is 20.7 Å². The van der Waals surface area contributed by atoms with Crippen LogP contribution >= 0.6 is 0 Å². The van der Waals surface area contributed by atoms with E-state index in [0.717, 1.165) is 17.5 Å². The van der Waals surface area contributed by atoms with Crippen LogP contribution in [0.25, 0.3) is 22.2 Å². The molecular weight excluding hydrogens is 438 g/mol. The van der Waals surface area contributed by atoms with Gasteiger partial charge in [-0.15, -0.1) is 0 Å². The summed E-state index contributed by atoms with van der Waals surface area (Å²) in [4.78, 5) is 32.6. The average Bonchev–Trinajstić information content (AvgIpc) is 2.90. The highest BCUT2D eigenvalue weighted by Gasteiger charge is 2.25. The molecule has 6 heteroatoms. The molecule has 1 aromatic heterocycles. The first kappa shape index (κ1) is 24.0. The maximum absolute atomic E-state index is 13.9. The molecule has 4 aromatic rings. The number of aromatic nitrogens is 1. The summed E-state index contributed by atoms with van der Waals surface area (Å²) >= 11 is 0. The minimum atomic E-state index is -0.274. The molecule has 6 nitrogen and oxygen atoms in total. The molecule has 0 aliphatic heterocycles. The molecule has 0 unspecified atom stereocenters. The Bertz CT molecular complexity index is 1320. The highest BCUT2D eigenvalue weighted by Crippen LogP contribution is 2.37. The molecule has 0 fully saturated rings. The molecular formula is C29H29N3O3. The Kier molecular flexibility index (Phi) is 7.41. The molecule has 0 radical (unpaired) electrons. The Morgan fingerprint density at radius 3 is 2.20 bits per heavy atom. The highest BCUT2D eigenvalue weighted by atomic mass is 16.5. The second-order valence-corrected chi connectivity index (χ2v) is 8.47. The zero-order valence-electron chi connectivity index (χ0n) is 20.2. The van der Waals surface area contributed by atoms with Crippen LogP contribution < -0.4 is 10.1 Å². The van der Waals surface area contributed by atoms with Crippen molar-refractivity contribution in [1.29, 1.82) is 0 Å². The maximum atomic E-state index is 13.9. The fourth-order valence-corrected chi connectivity index (χ4v) is 3.95. The predicted molar refractivity (Wildman–Crippen MR) is 138 cm³/mol. The highest BCUT2D eigenvalue weighted by molar-refractivity contribution is 6.10. The van der Waals surface area contributed by atoms with Crippen LogP contribution in [0.15, 0.2) is 84.9 Å². The van der Waals surface area contributed by atoms with Crippen LogP contribution in [0.5, 0.6) is 5.75 Å². The molecule has 0 saturated carbocycles. The Hall–Kier alpha value is -4.19. The van der Waals surface area contributed by atoms with Gasteiger partial charge in [-0.25, -0.2) is 4.98 Å². The van der Waals surface area contributed by atoms with E-state index in [-0.39, 0.29) is 24.5 Å². The van der Waals surface area contributed by atoms with Gasteiger partial charge in [-0.2, -0.15) is 0 Å². The third-order valence-corrected chi connectivity index (χ3v) is 5.88. The van der Waals surface area contributed by atoms with E-state index >= 15 is 0 Å². The lowest BCUT2D eigenvalue weighted by molar-refractivity contribution is -0.130. The number of likely N-dealkylation sites (N-methyl/N-ethyl adjacent to an activating group) is 1. The van der Waals surface area contributed by atoms with Crippen LogP contribution in [-0.2, 0) is 4.79 Å². The minimum Gasteiger partial charge on any atom is -0.481 e. The summed E-state index contributed by atoms with van der Waals surface area (Å²) in [7, 11) is 3.34. The van der Waals surface area contributed by atoms with E-state index in [1.165, 1.54) is 4.90 Å². The molecule has 4 rings (SSSR count). The number of carbonyl (C=O) groups is 2. The number of amides is 2. The number of fused-ring (bicyclic) bond motifs is 1. The van der Waals surface area contributed by atoms with Gasteiger partial charge >= 0.3 is 0 Å². The van der Waals surface area contributed by atoms with Crippen LogP contribution in [0.3, 0.4) is 0 Å². The molecule has 0 aliphatic rings. The largest absolute Gasteiger partial charge is 0.481 e. The summed E-state index contributed by atoms with van der Waals surface area (Å²) in [6.07, 6.45) is 0.722. The van der Waals surface area contributed by atoms with Crippen LogP contribution in [0, 0.1) is 0 Å². The summed E-state index contributed by atoms with van der Waals surface area (Å²) in [5.41, 5.74) is 3.39. The second-order valence-electron chi connectivity index (χ2n) is 8.47. The van der Waals surface area contributed by atoms with Crippen molar-refractivity contribution in [1.82, 2.24) is 15.2 Å². The van der Waals surface area contributed by atoms with E-state index < -0.39 is 0 Å². The Morgan fingerprint density at radius 2 is 1.54 bits per heavy atom. The zero-order chi connectivity index (χ0) is 24.8. The van der Waals surface area contributed by atoms with Gasteiger partial charge in [0.25, 0.3) is 11.8 Å². The summed E-state index contributed by atoms with van der Waals surface area (Å²) in [5.74, 6) is -0.187. The smallest absolute Gasteiger partial charge is 0.259 e. The molecule has 0 saturated heterocycles. The normalized spacial score (nSPS) is 11.6. The molecule has 1 N–H and O–H groups in total. The first-order valence-electron chi connectivity index (χ1n) is 11.7. The van der Waals surface area contributed by atoms with Crippen molar-refractivity contribution in [3.8, 4) is 17.0 Å². The standard InChI is InChI=1S/C29H29N3O3/c1-4-23(20-13-7-5-8-14-20)31-29(34)26-22-17-11-12-18-24(22)30-27(21-15-9-6-10-16-21)28(26)35-19-25(33)32(2)3/h5-18,23H,4,19H2,1-3H3,(H,31,34)/t23-/m0/s1. The summed E-state index contributed by atoms with van der Waals surface area (Å²) < 4.78 is 6.08. The van der Waals surface area contributed by atoms with Gasteiger partial charge in [0, 0.05) is 25.0 Å². The molecule has 0 aliphatic carbocycles. The minimum absolute atomic E-state index is 0.174. The lowest BCUT2D eigenvalue weighted by atomic mass is 10.00. The number of benzene rings is 3. The third-order valence-electron chi connectivity index (χ3n) is 5.88. The third kappa shape index (κ3) is 5.32. The Morgan fingerprint density at radius 1 is 0.914 bits per heavy atom. The molecule has 1 heterocycles. The van der Waals surface area contributed by atoms with Gasteiger partial charge < -0.3 is 15.0 Å². The molecule has 178 valence electrons. The molecule has 0 bridgehead atoms. The van der Waals surface area contributed by atoms with Crippen LogP contribution in [0.1, 0.15) is 35.3 Å². The van der Waals surface area contributed by atoms with E-state index in [2.05, 4.69) is 5.32 Å². The zero-order valence-corrected chi connectivity index (χ0v) is 20.2. The molecule has 35 heavy (non-hydrogen) atoms. The number of carbonyl (C=O) groups excluding carboxylic acids is 2. The monoisotopic (exact) mass is 467 g/mol. The van der Waals surface area contributed by atoms with Crippen molar-refractivity contribution in [3.05, 3.63) is 96.1 Å². The number of para-hydroxylation sites is 1. The molecule has 3 aromatic carbocycles.